The van der Waals surface area contributed by atoms with Crippen LogP contribution in [0.4, 0.5) is 0 Å². The van der Waals surface area contributed by atoms with Crippen LogP contribution in [0.3, 0.4) is 0 Å². The Labute approximate surface area is 76.1 Å². The summed E-state index contributed by atoms with van der Waals surface area (Å²) in [6, 6.07) is 0.523. The van der Waals surface area contributed by atoms with Gasteiger partial charge in [-0.2, -0.15) is 0 Å². The fourth-order valence-electron chi connectivity index (χ4n) is 1.16. The summed E-state index contributed by atoms with van der Waals surface area (Å²) in [6.45, 7) is 3.16. The molecule has 2 atom stereocenters. The van der Waals surface area contributed by atoms with E-state index in [1.54, 1.807) is 7.11 Å². The summed E-state index contributed by atoms with van der Waals surface area (Å²) in [7, 11) is 7.88. The van der Waals surface area contributed by atoms with Crippen molar-refractivity contribution < 1.29 is 4.74 Å². The molecule has 0 aliphatic carbocycles. The van der Waals surface area contributed by atoms with Gasteiger partial charge >= 0.3 is 0 Å². The van der Waals surface area contributed by atoms with Gasteiger partial charge in [-0.15, -0.1) is 0 Å². The zero-order chi connectivity index (χ0) is 9.56. The molecule has 0 amide bonds. The molecule has 3 heteroatoms. The van der Waals surface area contributed by atoms with Gasteiger partial charge in [-0.05, 0) is 34.5 Å². The highest BCUT2D eigenvalue weighted by Gasteiger charge is 2.11. The third kappa shape index (κ3) is 5.52. The van der Waals surface area contributed by atoms with Gasteiger partial charge in [0.2, 0.25) is 0 Å². The second-order valence-electron chi connectivity index (χ2n) is 3.55. The zero-order valence-corrected chi connectivity index (χ0v) is 8.92. The summed E-state index contributed by atoms with van der Waals surface area (Å²) in [5.41, 5.74) is 0. The van der Waals surface area contributed by atoms with Crippen LogP contribution in [0.15, 0.2) is 0 Å². The predicted octanol–water partition coefficient (Wildman–Crippen LogP) is 0.561. The van der Waals surface area contributed by atoms with Crippen LogP contribution in [0, 0.1) is 0 Å². The molecule has 0 heterocycles. The minimum Gasteiger partial charge on any atom is -0.380 e. The molecule has 0 fully saturated rings. The molecule has 3 nitrogen and oxygen atoms in total. The van der Waals surface area contributed by atoms with Crippen LogP contribution in [-0.4, -0.2) is 51.8 Å². The third-order valence-corrected chi connectivity index (χ3v) is 2.01. The van der Waals surface area contributed by atoms with Crippen molar-refractivity contribution in [2.24, 2.45) is 0 Å². The molecule has 0 aliphatic heterocycles. The first-order chi connectivity index (χ1) is 5.60. The number of nitrogens with zero attached hydrogens (tertiary/aromatic N) is 1. The first kappa shape index (κ1) is 11.9. The molecule has 74 valence electrons. The maximum absolute atomic E-state index is 5.35. The number of rotatable bonds is 6. The molecular formula is C9H22N2O. The molecule has 0 aromatic heterocycles. The molecule has 0 saturated heterocycles. The quantitative estimate of drug-likeness (QED) is 0.637. The monoisotopic (exact) mass is 174 g/mol. The average Bonchev–Trinajstić information content (AvgIpc) is 2.02. The molecule has 12 heavy (non-hydrogen) atoms. The lowest BCUT2D eigenvalue weighted by Crippen LogP contribution is -2.34. The normalized spacial score (nSPS) is 16.5. The van der Waals surface area contributed by atoms with Crippen LogP contribution in [-0.2, 0) is 4.74 Å². The average molecular weight is 174 g/mol. The van der Waals surface area contributed by atoms with Crippen molar-refractivity contribution >= 4 is 0 Å². The zero-order valence-electron chi connectivity index (χ0n) is 8.92. The van der Waals surface area contributed by atoms with Gasteiger partial charge in [-0.25, -0.2) is 0 Å². The Bertz CT molecular complexity index is 107. The van der Waals surface area contributed by atoms with E-state index in [0.29, 0.717) is 12.1 Å². The first-order valence-electron chi connectivity index (χ1n) is 4.45. The molecule has 0 aromatic rings. The molecular weight excluding hydrogens is 152 g/mol. The van der Waals surface area contributed by atoms with Crippen molar-refractivity contribution in [2.75, 3.05) is 34.8 Å². The molecule has 1 N–H and O–H groups in total. The van der Waals surface area contributed by atoms with E-state index >= 15 is 0 Å². The Morgan fingerprint density at radius 2 is 2.00 bits per heavy atom. The maximum atomic E-state index is 5.35. The predicted molar refractivity (Wildman–Crippen MR) is 52.5 cm³/mol. The van der Waals surface area contributed by atoms with E-state index in [2.05, 4.69) is 31.2 Å². The van der Waals surface area contributed by atoms with Crippen LogP contribution < -0.4 is 5.32 Å². The lowest BCUT2D eigenvalue weighted by Gasteiger charge is -2.22. The van der Waals surface area contributed by atoms with Crippen molar-refractivity contribution in [1.82, 2.24) is 10.2 Å². The molecule has 0 rings (SSSR count). The van der Waals surface area contributed by atoms with Gasteiger partial charge in [0, 0.05) is 19.7 Å². The van der Waals surface area contributed by atoms with E-state index in [-0.39, 0.29) is 0 Å². The molecule has 0 bridgehead atoms. The fraction of sp³-hybridized carbons (Fsp3) is 1.00. The highest BCUT2D eigenvalue weighted by molar-refractivity contribution is 4.68. The maximum Gasteiger partial charge on any atom is 0.0712 e. The number of ether oxygens (including phenoxy) is 1. The standard InChI is InChI=1S/C9H22N2O/c1-8(10-2)6-9(12-5)7-11(3)4/h8-10H,6-7H2,1-5H3/t8-,9?/m1/s1. The van der Waals surface area contributed by atoms with Crippen LogP contribution in [0.5, 0.6) is 0 Å². The Balaban J connectivity index is 3.66. The summed E-state index contributed by atoms with van der Waals surface area (Å²) in [4.78, 5) is 2.15. The SMILES string of the molecule is CN[C@H](C)CC(CN(C)C)OC. The Morgan fingerprint density at radius 1 is 1.42 bits per heavy atom. The van der Waals surface area contributed by atoms with Gasteiger partial charge in [-0.1, -0.05) is 0 Å². The van der Waals surface area contributed by atoms with Crippen LogP contribution in [0.1, 0.15) is 13.3 Å². The number of likely N-dealkylation sites (N-methyl/N-ethyl adjacent to an activating group) is 1. The Morgan fingerprint density at radius 3 is 2.33 bits per heavy atom. The second kappa shape index (κ2) is 6.40. The molecule has 1 unspecified atom stereocenters. The summed E-state index contributed by atoms with van der Waals surface area (Å²) >= 11 is 0. The van der Waals surface area contributed by atoms with E-state index < -0.39 is 0 Å². The van der Waals surface area contributed by atoms with Gasteiger partial charge in [0.15, 0.2) is 0 Å². The van der Waals surface area contributed by atoms with Crippen molar-refractivity contribution in [3.05, 3.63) is 0 Å². The lowest BCUT2D eigenvalue weighted by atomic mass is 10.1. The van der Waals surface area contributed by atoms with E-state index in [1.165, 1.54) is 0 Å². The first-order valence-corrected chi connectivity index (χ1v) is 4.45. The van der Waals surface area contributed by atoms with Crippen molar-refractivity contribution in [3.63, 3.8) is 0 Å². The van der Waals surface area contributed by atoms with E-state index in [0.717, 1.165) is 13.0 Å². The second-order valence-corrected chi connectivity index (χ2v) is 3.55. The molecule has 0 spiro atoms. The molecule has 0 radical (unpaired) electrons. The minimum absolute atomic E-state index is 0.336. The van der Waals surface area contributed by atoms with Crippen LogP contribution >= 0.6 is 0 Å². The minimum atomic E-state index is 0.336. The number of hydrogen-bond donors (Lipinski definition) is 1. The number of hydrogen-bond acceptors (Lipinski definition) is 3. The van der Waals surface area contributed by atoms with Crippen molar-refractivity contribution in [1.29, 1.82) is 0 Å². The van der Waals surface area contributed by atoms with Gasteiger partial charge in [0.25, 0.3) is 0 Å². The van der Waals surface area contributed by atoms with Gasteiger partial charge in [0.1, 0.15) is 0 Å². The van der Waals surface area contributed by atoms with E-state index in [1.807, 2.05) is 7.05 Å². The van der Waals surface area contributed by atoms with Crippen LogP contribution in [0.25, 0.3) is 0 Å². The topological polar surface area (TPSA) is 24.5 Å². The summed E-state index contributed by atoms with van der Waals surface area (Å²) < 4.78 is 5.35. The highest BCUT2D eigenvalue weighted by Crippen LogP contribution is 2.02. The summed E-state index contributed by atoms with van der Waals surface area (Å²) in [5, 5.41) is 3.20. The Kier molecular flexibility index (Phi) is 6.34. The summed E-state index contributed by atoms with van der Waals surface area (Å²) in [6.07, 6.45) is 1.40. The smallest absolute Gasteiger partial charge is 0.0712 e. The van der Waals surface area contributed by atoms with Crippen molar-refractivity contribution in [3.8, 4) is 0 Å². The van der Waals surface area contributed by atoms with Gasteiger partial charge in [-0.3, -0.25) is 0 Å². The summed E-state index contributed by atoms with van der Waals surface area (Å²) in [5.74, 6) is 0. The fourth-order valence-corrected chi connectivity index (χ4v) is 1.16. The van der Waals surface area contributed by atoms with E-state index in [9.17, 15) is 0 Å². The highest BCUT2D eigenvalue weighted by atomic mass is 16.5. The van der Waals surface area contributed by atoms with Gasteiger partial charge < -0.3 is 15.0 Å². The molecule has 0 saturated carbocycles. The van der Waals surface area contributed by atoms with Gasteiger partial charge in [0.05, 0.1) is 6.10 Å². The third-order valence-electron chi connectivity index (χ3n) is 2.01. The number of nitrogens with one attached hydrogen (secondary N) is 1. The van der Waals surface area contributed by atoms with Crippen molar-refractivity contribution in [2.45, 2.75) is 25.5 Å². The molecule has 0 aliphatic rings. The van der Waals surface area contributed by atoms with Crippen LogP contribution in [0.2, 0.25) is 0 Å². The number of methoxy groups -OCH3 is 1. The van der Waals surface area contributed by atoms with E-state index in [4.69, 9.17) is 4.74 Å². The lowest BCUT2D eigenvalue weighted by molar-refractivity contribution is 0.0655. The Hall–Kier alpha value is -0.120. The molecule has 0 aromatic carbocycles. The largest absolute Gasteiger partial charge is 0.380 e.